The maximum atomic E-state index is 3.58. The number of nitrogens with zero attached hydrogens (tertiary/aromatic N) is 1. The molecule has 0 radical (unpaired) electrons. The summed E-state index contributed by atoms with van der Waals surface area (Å²) in [5, 5.41) is 3.58. The van der Waals surface area contributed by atoms with Gasteiger partial charge in [-0.05, 0) is 49.9 Å². The molecule has 0 aromatic heterocycles. The van der Waals surface area contributed by atoms with E-state index in [0.717, 1.165) is 25.7 Å². The van der Waals surface area contributed by atoms with Crippen molar-refractivity contribution in [3.05, 3.63) is 35.4 Å². The normalized spacial score (nSPS) is 20.7. The highest BCUT2D eigenvalue weighted by atomic mass is 15.1. The summed E-state index contributed by atoms with van der Waals surface area (Å²) in [5.74, 6) is 0.711. The predicted octanol–water partition coefficient (Wildman–Crippen LogP) is 4.20. The van der Waals surface area contributed by atoms with Gasteiger partial charge in [-0.2, -0.15) is 0 Å². The molecule has 2 heteroatoms. The Bertz CT molecular complexity index is 414. The standard InChI is InChI=1S/C19H32N2/c1-16(2)13-20-14-18-10-6-7-11-19(18)15-21-12-8-4-5-9-17(21)3/h6-7,10-11,16-17,20H,4-5,8-9,12-15H2,1-3H3. The number of nitrogens with one attached hydrogen (secondary N) is 1. The van der Waals surface area contributed by atoms with Crippen LogP contribution in [0.25, 0.3) is 0 Å². The molecule has 1 aromatic rings. The third-order valence-electron chi connectivity index (χ3n) is 4.55. The van der Waals surface area contributed by atoms with Crippen molar-refractivity contribution < 1.29 is 0 Å². The molecule has 2 nitrogen and oxygen atoms in total. The molecule has 0 saturated carbocycles. The summed E-state index contributed by atoms with van der Waals surface area (Å²) >= 11 is 0. The van der Waals surface area contributed by atoms with Gasteiger partial charge in [-0.15, -0.1) is 0 Å². The number of likely N-dealkylation sites (tertiary alicyclic amines) is 1. The molecule has 1 aliphatic heterocycles. The molecule has 1 saturated heterocycles. The van der Waals surface area contributed by atoms with Crippen LogP contribution in [0.2, 0.25) is 0 Å². The average molecular weight is 288 g/mol. The molecule has 1 heterocycles. The molecule has 0 spiro atoms. The van der Waals surface area contributed by atoms with E-state index in [9.17, 15) is 0 Å². The van der Waals surface area contributed by atoms with Gasteiger partial charge in [0.1, 0.15) is 0 Å². The molecule has 1 aromatic carbocycles. The molecule has 1 N–H and O–H groups in total. The second-order valence-corrected chi connectivity index (χ2v) is 6.96. The van der Waals surface area contributed by atoms with Crippen molar-refractivity contribution >= 4 is 0 Å². The van der Waals surface area contributed by atoms with Gasteiger partial charge in [-0.25, -0.2) is 0 Å². The number of hydrogen-bond acceptors (Lipinski definition) is 2. The van der Waals surface area contributed by atoms with Crippen LogP contribution in [0.15, 0.2) is 24.3 Å². The van der Waals surface area contributed by atoms with Crippen LogP contribution in [-0.4, -0.2) is 24.0 Å². The highest BCUT2D eigenvalue weighted by Gasteiger charge is 2.17. The Hall–Kier alpha value is -0.860. The summed E-state index contributed by atoms with van der Waals surface area (Å²) in [6, 6.07) is 9.67. The van der Waals surface area contributed by atoms with Gasteiger partial charge in [-0.3, -0.25) is 4.90 Å². The fourth-order valence-electron chi connectivity index (χ4n) is 3.17. The largest absolute Gasteiger partial charge is 0.312 e. The molecular weight excluding hydrogens is 256 g/mol. The first-order valence-electron chi connectivity index (χ1n) is 8.68. The smallest absolute Gasteiger partial charge is 0.0239 e. The predicted molar refractivity (Wildman–Crippen MR) is 91.3 cm³/mol. The van der Waals surface area contributed by atoms with Crippen molar-refractivity contribution in [3.63, 3.8) is 0 Å². The first kappa shape index (κ1) is 16.5. The van der Waals surface area contributed by atoms with Gasteiger partial charge in [0.05, 0.1) is 0 Å². The van der Waals surface area contributed by atoms with E-state index in [1.165, 1.54) is 43.4 Å². The third kappa shape index (κ3) is 5.44. The fraction of sp³-hybridized carbons (Fsp3) is 0.684. The van der Waals surface area contributed by atoms with Gasteiger partial charge < -0.3 is 5.32 Å². The average Bonchev–Trinajstić information content (AvgIpc) is 2.66. The van der Waals surface area contributed by atoms with Crippen molar-refractivity contribution in [2.75, 3.05) is 13.1 Å². The van der Waals surface area contributed by atoms with Gasteiger partial charge in [0.25, 0.3) is 0 Å². The Morgan fingerprint density at radius 2 is 1.90 bits per heavy atom. The van der Waals surface area contributed by atoms with Gasteiger partial charge in [0.2, 0.25) is 0 Å². The van der Waals surface area contributed by atoms with E-state index in [4.69, 9.17) is 0 Å². The maximum Gasteiger partial charge on any atom is 0.0239 e. The Kier molecular flexibility index (Phi) is 6.72. The molecule has 1 aliphatic rings. The molecule has 1 atom stereocenters. The Morgan fingerprint density at radius 3 is 2.67 bits per heavy atom. The van der Waals surface area contributed by atoms with E-state index in [2.05, 4.69) is 55.3 Å². The molecule has 118 valence electrons. The number of rotatable bonds is 6. The van der Waals surface area contributed by atoms with Gasteiger partial charge in [0, 0.05) is 19.1 Å². The second kappa shape index (κ2) is 8.55. The quantitative estimate of drug-likeness (QED) is 0.844. The van der Waals surface area contributed by atoms with Crippen LogP contribution in [0.1, 0.15) is 57.6 Å². The summed E-state index contributed by atoms with van der Waals surface area (Å²) in [5.41, 5.74) is 2.97. The lowest BCUT2D eigenvalue weighted by molar-refractivity contribution is 0.204. The molecule has 0 aliphatic carbocycles. The number of hydrogen-bond donors (Lipinski definition) is 1. The van der Waals surface area contributed by atoms with Crippen LogP contribution >= 0.6 is 0 Å². The van der Waals surface area contributed by atoms with Gasteiger partial charge in [-0.1, -0.05) is 51.0 Å². The lowest BCUT2D eigenvalue weighted by atomic mass is 10.1. The van der Waals surface area contributed by atoms with Crippen LogP contribution < -0.4 is 5.32 Å². The minimum Gasteiger partial charge on any atom is -0.312 e. The van der Waals surface area contributed by atoms with E-state index < -0.39 is 0 Å². The van der Waals surface area contributed by atoms with E-state index in [1.54, 1.807) is 0 Å². The van der Waals surface area contributed by atoms with E-state index in [0.29, 0.717) is 5.92 Å². The summed E-state index contributed by atoms with van der Waals surface area (Å²) in [6.45, 7) is 11.4. The molecule has 0 bridgehead atoms. The van der Waals surface area contributed by atoms with Crippen molar-refractivity contribution in [3.8, 4) is 0 Å². The topological polar surface area (TPSA) is 15.3 Å². The summed E-state index contributed by atoms with van der Waals surface area (Å²) in [6.07, 6.45) is 5.51. The summed E-state index contributed by atoms with van der Waals surface area (Å²) < 4.78 is 0. The summed E-state index contributed by atoms with van der Waals surface area (Å²) in [7, 11) is 0. The van der Waals surface area contributed by atoms with E-state index in [-0.39, 0.29) is 0 Å². The molecule has 1 fully saturated rings. The molecular formula is C19H32N2. The Labute approximate surface area is 130 Å². The van der Waals surface area contributed by atoms with Crippen molar-refractivity contribution in [1.82, 2.24) is 10.2 Å². The van der Waals surface area contributed by atoms with Crippen LogP contribution in [0.5, 0.6) is 0 Å². The zero-order valence-corrected chi connectivity index (χ0v) is 14.1. The molecule has 21 heavy (non-hydrogen) atoms. The zero-order chi connectivity index (χ0) is 15.1. The van der Waals surface area contributed by atoms with E-state index >= 15 is 0 Å². The van der Waals surface area contributed by atoms with Gasteiger partial charge in [0.15, 0.2) is 0 Å². The lowest BCUT2D eigenvalue weighted by Crippen LogP contribution is -2.32. The third-order valence-corrected chi connectivity index (χ3v) is 4.55. The second-order valence-electron chi connectivity index (χ2n) is 6.96. The molecule has 1 unspecified atom stereocenters. The Balaban J connectivity index is 1.98. The highest BCUT2D eigenvalue weighted by Crippen LogP contribution is 2.20. The van der Waals surface area contributed by atoms with Gasteiger partial charge >= 0.3 is 0 Å². The Morgan fingerprint density at radius 1 is 1.14 bits per heavy atom. The lowest BCUT2D eigenvalue weighted by Gasteiger charge is -2.28. The van der Waals surface area contributed by atoms with Crippen molar-refractivity contribution in [2.45, 2.75) is 65.6 Å². The van der Waals surface area contributed by atoms with Crippen LogP contribution in [-0.2, 0) is 13.1 Å². The first-order valence-corrected chi connectivity index (χ1v) is 8.68. The zero-order valence-electron chi connectivity index (χ0n) is 14.1. The fourth-order valence-corrected chi connectivity index (χ4v) is 3.17. The molecule has 0 amide bonds. The minimum absolute atomic E-state index is 0.711. The highest BCUT2D eigenvalue weighted by molar-refractivity contribution is 5.27. The maximum absolute atomic E-state index is 3.58. The number of benzene rings is 1. The van der Waals surface area contributed by atoms with Crippen LogP contribution in [0.4, 0.5) is 0 Å². The van der Waals surface area contributed by atoms with Crippen molar-refractivity contribution in [2.24, 2.45) is 5.92 Å². The van der Waals surface area contributed by atoms with E-state index in [1.807, 2.05) is 0 Å². The minimum atomic E-state index is 0.711. The van der Waals surface area contributed by atoms with Crippen LogP contribution in [0.3, 0.4) is 0 Å². The summed E-state index contributed by atoms with van der Waals surface area (Å²) in [4.78, 5) is 2.67. The SMILES string of the molecule is CC(C)CNCc1ccccc1CN1CCCCCC1C. The monoisotopic (exact) mass is 288 g/mol. The van der Waals surface area contributed by atoms with Crippen molar-refractivity contribution in [1.29, 1.82) is 0 Å². The van der Waals surface area contributed by atoms with Crippen LogP contribution in [0, 0.1) is 5.92 Å². The first-order chi connectivity index (χ1) is 10.2. The molecule has 2 rings (SSSR count).